The van der Waals surface area contributed by atoms with Gasteiger partial charge in [-0.05, 0) is 12.5 Å². The fourth-order valence-corrected chi connectivity index (χ4v) is 3.61. The molecule has 1 unspecified atom stereocenters. The molecule has 0 bridgehead atoms. The van der Waals surface area contributed by atoms with Crippen molar-refractivity contribution in [1.82, 2.24) is 9.88 Å². The summed E-state index contributed by atoms with van der Waals surface area (Å²) >= 11 is 1.49. The molecule has 24 heavy (non-hydrogen) atoms. The van der Waals surface area contributed by atoms with Crippen LogP contribution in [0.25, 0.3) is 0 Å². The van der Waals surface area contributed by atoms with Crippen LogP contribution in [0.4, 0.5) is 5.13 Å². The van der Waals surface area contributed by atoms with E-state index in [0.717, 1.165) is 30.5 Å². The Morgan fingerprint density at radius 2 is 2.21 bits per heavy atom. The monoisotopic (exact) mass is 345 g/mol. The minimum atomic E-state index is -0.0570. The Morgan fingerprint density at radius 1 is 1.42 bits per heavy atom. The van der Waals surface area contributed by atoms with Gasteiger partial charge in [-0.25, -0.2) is 4.98 Å². The lowest BCUT2D eigenvalue weighted by atomic mass is 10.1. The summed E-state index contributed by atoms with van der Waals surface area (Å²) in [6, 6.07) is 10.4. The van der Waals surface area contributed by atoms with E-state index in [1.807, 2.05) is 18.4 Å². The van der Waals surface area contributed by atoms with Crippen LogP contribution in [-0.2, 0) is 16.1 Å². The average Bonchev–Trinajstić information content (AvgIpc) is 3.02. The molecular weight excluding hydrogens is 322 g/mol. The zero-order chi connectivity index (χ0) is 16.9. The molecule has 0 spiro atoms. The highest BCUT2D eigenvalue weighted by Crippen LogP contribution is 2.21. The van der Waals surface area contributed by atoms with Crippen LogP contribution in [0.1, 0.15) is 17.7 Å². The standard InChI is InChI=1S/C18H23N3O2S/c1-14-13-24-18(19-14)20(2)17(22)10-16-12-21(8-9-23-16)11-15-6-4-3-5-7-15/h3-7,13,16H,8-12H2,1-2H3. The lowest BCUT2D eigenvalue weighted by Gasteiger charge is -2.33. The van der Waals surface area contributed by atoms with Crippen molar-refractivity contribution in [1.29, 1.82) is 0 Å². The van der Waals surface area contributed by atoms with Crippen molar-refractivity contribution >= 4 is 22.4 Å². The Morgan fingerprint density at radius 3 is 2.92 bits per heavy atom. The number of hydrogen-bond donors (Lipinski definition) is 0. The average molecular weight is 345 g/mol. The molecule has 1 aliphatic rings. The summed E-state index contributed by atoms with van der Waals surface area (Å²) in [6.45, 7) is 5.19. The van der Waals surface area contributed by atoms with Crippen molar-refractivity contribution in [2.45, 2.75) is 26.0 Å². The number of nitrogens with zero attached hydrogens (tertiary/aromatic N) is 3. The summed E-state index contributed by atoms with van der Waals surface area (Å²) in [4.78, 5) is 20.8. The molecule has 1 atom stereocenters. The lowest BCUT2D eigenvalue weighted by Crippen LogP contribution is -2.44. The molecule has 1 aliphatic heterocycles. The molecule has 2 aromatic rings. The molecule has 0 radical (unpaired) electrons. The summed E-state index contributed by atoms with van der Waals surface area (Å²) in [5.41, 5.74) is 2.23. The van der Waals surface area contributed by atoms with Crippen molar-refractivity contribution in [3.05, 3.63) is 47.0 Å². The molecule has 3 rings (SSSR count). The van der Waals surface area contributed by atoms with Crippen molar-refractivity contribution < 1.29 is 9.53 Å². The Kier molecular flexibility index (Phi) is 5.60. The van der Waals surface area contributed by atoms with Gasteiger partial charge in [0.15, 0.2) is 5.13 Å². The van der Waals surface area contributed by atoms with Crippen LogP contribution < -0.4 is 4.90 Å². The highest BCUT2D eigenvalue weighted by molar-refractivity contribution is 7.14. The Bertz CT molecular complexity index is 674. The highest BCUT2D eigenvalue weighted by atomic mass is 32.1. The van der Waals surface area contributed by atoms with E-state index in [0.29, 0.717) is 13.0 Å². The summed E-state index contributed by atoms with van der Waals surface area (Å²) < 4.78 is 5.80. The first-order valence-electron chi connectivity index (χ1n) is 8.18. The number of ether oxygens (including phenoxy) is 1. The van der Waals surface area contributed by atoms with Gasteiger partial charge in [0, 0.05) is 32.1 Å². The first-order chi connectivity index (χ1) is 11.6. The molecule has 1 aromatic heterocycles. The van der Waals surface area contributed by atoms with E-state index < -0.39 is 0 Å². The zero-order valence-electron chi connectivity index (χ0n) is 14.1. The largest absolute Gasteiger partial charge is 0.375 e. The van der Waals surface area contributed by atoms with E-state index in [1.165, 1.54) is 16.9 Å². The van der Waals surface area contributed by atoms with E-state index in [2.05, 4.69) is 34.1 Å². The van der Waals surface area contributed by atoms with Gasteiger partial charge < -0.3 is 4.74 Å². The molecule has 1 fully saturated rings. The SMILES string of the molecule is Cc1csc(N(C)C(=O)CC2CN(Cc3ccccc3)CCO2)n1. The first kappa shape index (κ1) is 17.1. The maximum atomic E-state index is 12.5. The van der Waals surface area contributed by atoms with Crippen molar-refractivity contribution in [3.8, 4) is 0 Å². The third kappa shape index (κ3) is 4.41. The highest BCUT2D eigenvalue weighted by Gasteiger charge is 2.25. The van der Waals surface area contributed by atoms with Crippen LogP contribution >= 0.6 is 11.3 Å². The topological polar surface area (TPSA) is 45.7 Å². The molecule has 1 amide bonds. The number of hydrogen-bond acceptors (Lipinski definition) is 5. The maximum absolute atomic E-state index is 12.5. The van der Waals surface area contributed by atoms with Crippen LogP contribution in [0.15, 0.2) is 35.7 Å². The van der Waals surface area contributed by atoms with Crippen LogP contribution in [0.3, 0.4) is 0 Å². The summed E-state index contributed by atoms with van der Waals surface area (Å²) in [6.07, 6.45) is 0.332. The quantitative estimate of drug-likeness (QED) is 0.836. The molecular formula is C18H23N3O2S. The van der Waals surface area contributed by atoms with Gasteiger partial charge in [0.05, 0.1) is 24.8 Å². The van der Waals surface area contributed by atoms with Gasteiger partial charge >= 0.3 is 0 Å². The van der Waals surface area contributed by atoms with Gasteiger partial charge in [-0.1, -0.05) is 30.3 Å². The maximum Gasteiger partial charge on any atom is 0.231 e. The molecule has 0 N–H and O–H groups in total. The predicted octanol–water partition coefficient (Wildman–Crippen LogP) is 2.71. The van der Waals surface area contributed by atoms with Gasteiger partial charge in [0.1, 0.15) is 0 Å². The van der Waals surface area contributed by atoms with Gasteiger partial charge in [0.25, 0.3) is 0 Å². The molecule has 6 heteroatoms. The fourth-order valence-electron chi connectivity index (χ4n) is 2.82. The minimum absolute atomic E-state index is 0.0518. The number of carbonyl (C=O) groups excluding carboxylic acids is 1. The predicted molar refractivity (Wildman–Crippen MR) is 96.3 cm³/mol. The van der Waals surface area contributed by atoms with Crippen LogP contribution in [0.2, 0.25) is 0 Å². The normalized spacial score (nSPS) is 18.5. The summed E-state index contributed by atoms with van der Waals surface area (Å²) in [5, 5.41) is 2.70. The molecule has 0 saturated carbocycles. The van der Waals surface area contributed by atoms with Gasteiger partial charge in [-0.3, -0.25) is 14.6 Å². The number of amides is 1. The first-order valence-corrected chi connectivity index (χ1v) is 9.06. The molecule has 128 valence electrons. The third-order valence-electron chi connectivity index (χ3n) is 4.14. The summed E-state index contributed by atoms with van der Waals surface area (Å²) in [7, 11) is 1.78. The fraction of sp³-hybridized carbons (Fsp3) is 0.444. The molecule has 0 aliphatic carbocycles. The van der Waals surface area contributed by atoms with E-state index in [-0.39, 0.29) is 12.0 Å². The van der Waals surface area contributed by atoms with E-state index in [4.69, 9.17) is 4.74 Å². The summed E-state index contributed by atoms with van der Waals surface area (Å²) in [5.74, 6) is 0.0518. The Balaban J connectivity index is 1.54. The number of morpholine rings is 1. The van der Waals surface area contributed by atoms with Crippen molar-refractivity contribution in [3.63, 3.8) is 0 Å². The van der Waals surface area contributed by atoms with E-state index in [1.54, 1.807) is 11.9 Å². The number of anilines is 1. The minimum Gasteiger partial charge on any atom is -0.375 e. The number of aryl methyl sites for hydroxylation is 1. The van der Waals surface area contributed by atoms with Crippen LogP contribution in [0.5, 0.6) is 0 Å². The lowest BCUT2D eigenvalue weighted by molar-refractivity contribution is -0.123. The number of benzene rings is 1. The van der Waals surface area contributed by atoms with Crippen molar-refractivity contribution in [2.24, 2.45) is 0 Å². The smallest absolute Gasteiger partial charge is 0.231 e. The molecule has 1 saturated heterocycles. The second-order valence-electron chi connectivity index (χ2n) is 6.14. The molecule has 5 nitrogen and oxygen atoms in total. The Labute approximate surface area is 146 Å². The zero-order valence-corrected chi connectivity index (χ0v) is 15.0. The molecule has 2 heterocycles. The number of thiazole rings is 1. The van der Waals surface area contributed by atoms with E-state index in [9.17, 15) is 4.79 Å². The number of carbonyl (C=O) groups is 1. The number of rotatable bonds is 5. The third-order valence-corrected chi connectivity index (χ3v) is 5.18. The van der Waals surface area contributed by atoms with Gasteiger partial charge in [-0.15, -0.1) is 11.3 Å². The van der Waals surface area contributed by atoms with E-state index >= 15 is 0 Å². The second kappa shape index (κ2) is 7.88. The second-order valence-corrected chi connectivity index (χ2v) is 6.98. The van der Waals surface area contributed by atoms with Gasteiger partial charge in [0.2, 0.25) is 5.91 Å². The van der Waals surface area contributed by atoms with Crippen LogP contribution in [0, 0.1) is 6.92 Å². The molecule has 1 aromatic carbocycles. The van der Waals surface area contributed by atoms with Crippen molar-refractivity contribution in [2.75, 3.05) is 31.6 Å². The number of aromatic nitrogens is 1. The Hall–Kier alpha value is -1.76. The van der Waals surface area contributed by atoms with Crippen LogP contribution in [-0.4, -0.2) is 48.6 Å². The van der Waals surface area contributed by atoms with Gasteiger partial charge in [-0.2, -0.15) is 0 Å².